The molecular weight excluding hydrogens is 711 g/mol. The number of benzene rings is 1. The number of aliphatic hydroxyl groups is 1. The maximum Gasteiger partial charge on any atom is 1.00 e. The van der Waals surface area contributed by atoms with Gasteiger partial charge in [-0.1, -0.05) is 12.1 Å². The third kappa shape index (κ3) is 18.1. The van der Waals surface area contributed by atoms with E-state index in [4.69, 9.17) is 56.0 Å². The summed E-state index contributed by atoms with van der Waals surface area (Å²) < 4.78 is 21.4. The average Bonchev–Trinajstić information content (AvgIpc) is 2.91. The van der Waals surface area contributed by atoms with Gasteiger partial charge in [0.15, 0.2) is 16.0 Å². The molecule has 20 heteroatoms. The first kappa shape index (κ1) is 46.6. The van der Waals surface area contributed by atoms with Crippen LogP contribution in [0.3, 0.4) is 0 Å². The summed E-state index contributed by atoms with van der Waals surface area (Å²) in [5.41, 5.74) is 0.823. The summed E-state index contributed by atoms with van der Waals surface area (Å²) in [6, 6.07) is 7.43. The average molecular weight is 749 g/mol. The van der Waals surface area contributed by atoms with Crippen LogP contribution in [-0.4, -0.2) is 112 Å². The molecule has 1 aromatic rings. The molecule has 0 aliphatic rings. The van der Waals surface area contributed by atoms with Crippen LogP contribution in [0.25, 0.3) is 0 Å². The number of hydrazone groups is 1. The van der Waals surface area contributed by atoms with E-state index in [0.29, 0.717) is 75.0 Å². The Balaban J connectivity index is 0. The van der Waals surface area contributed by atoms with E-state index in [1.54, 1.807) is 18.2 Å². The van der Waals surface area contributed by atoms with Crippen molar-refractivity contribution in [2.45, 2.75) is 17.9 Å². The van der Waals surface area contributed by atoms with Crippen molar-refractivity contribution >= 4 is 77.4 Å². The fraction of sp³-hybridized carbons (Fsp3) is 0.682. The summed E-state index contributed by atoms with van der Waals surface area (Å²) in [5, 5.41) is 15.0. The summed E-state index contributed by atoms with van der Waals surface area (Å²) >= 11 is 24.1. The van der Waals surface area contributed by atoms with Crippen LogP contribution in [0.1, 0.15) is 18.4 Å². The smallest absolute Gasteiger partial charge is 0.829 e. The molecular formula is C22H38Cl4N5Na2O6P3. The second-order valence-electron chi connectivity index (χ2n) is 8.58. The molecule has 0 saturated heterocycles. The van der Waals surface area contributed by atoms with Crippen molar-refractivity contribution < 1.29 is 88.2 Å². The van der Waals surface area contributed by atoms with E-state index in [-0.39, 0.29) is 72.1 Å². The number of hydrogen-bond acceptors (Lipinski definition) is 10. The molecule has 0 fully saturated rings. The van der Waals surface area contributed by atoms with Crippen LogP contribution in [0.2, 0.25) is 0 Å². The molecule has 0 aliphatic carbocycles. The van der Waals surface area contributed by atoms with Crippen LogP contribution in [0, 0.1) is 0 Å². The second kappa shape index (κ2) is 26.4. The third-order valence-electron chi connectivity index (χ3n) is 5.55. The van der Waals surface area contributed by atoms with Gasteiger partial charge in [-0.15, -0.1) is 46.4 Å². The normalized spacial score (nSPS) is 14.9. The molecule has 0 spiro atoms. The standard InChI is InChI=1S/C22H39Cl4N5O6P3.2Na/c1-29(12-6-22(32,38-33)40(34,35)36)11-3-17-37-21-5-2-4-20(18-21)19-27-28-39(30(13-7-23)14-8-24)31(15-9-25)16-10-26;;/h2,4-5,18-19,28,32,38H,3,6-17H2,1H3,(H2,34,35,36);;/q-1;2*+1/p-1/b27-19+;;. The Morgan fingerprint density at radius 2 is 1.62 bits per heavy atom. The van der Waals surface area contributed by atoms with Gasteiger partial charge in [0.1, 0.15) is 10.8 Å². The minimum absolute atomic E-state index is 0. The molecule has 1 aromatic carbocycles. The van der Waals surface area contributed by atoms with Crippen LogP contribution in [0.4, 0.5) is 0 Å². The summed E-state index contributed by atoms with van der Waals surface area (Å²) in [5.74, 6) is 2.43. The maximum atomic E-state index is 11.3. The Morgan fingerprint density at radius 3 is 2.10 bits per heavy atom. The molecule has 0 amide bonds. The molecule has 11 nitrogen and oxygen atoms in total. The van der Waals surface area contributed by atoms with Crippen molar-refractivity contribution in [3.63, 3.8) is 0 Å². The molecule has 0 heterocycles. The quantitative estimate of drug-likeness (QED) is 0.0259. The number of ether oxygens (including phenoxy) is 1. The van der Waals surface area contributed by atoms with Crippen molar-refractivity contribution in [2.24, 2.45) is 5.10 Å². The van der Waals surface area contributed by atoms with Gasteiger partial charge in [-0.3, -0.25) is 5.20 Å². The van der Waals surface area contributed by atoms with E-state index < -0.39 is 29.9 Å². The predicted molar refractivity (Wildman–Crippen MR) is 165 cm³/mol. The minimum Gasteiger partial charge on any atom is -0.829 e. The third-order valence-corrected chi connectivity index (χ3v) is 11.3. The van der Waals surface area contributed by atoms with E-state index in [1.807, 2.05) is 24.3 Å². The molecule has 0 bridgehead atoms. The largest absolute Gasteiger partial charge is 1.00 e. The molecule has 0 aliphatic heterocycles. The van der Waals surface area contributed by atoms with Crippen molar-refractivity contribution in [3.8, 4) is 5.75 Å². The monoisotopic (exact) mass is 747 g/mol. The van der Waals surface area contributed by atoms with Gasteiger partial charge in [0.25, 0.3) is 0 Å². The zero-order valence-corrected chi connectivity index (χ0v) is 34.1. The van der Waals surface area contributed by atoms with Gasteiger partial charge in [0.05, 0.1) is 12.8 Å². The number of rotatable bonds is 23. The van der Waals surface area contributed by atoms with Gasteiger partial charge < -0.3 is 34.0 Å². The molecule has 1 rings (SSSR count). The Kier molecular flexibility index (Phi) is 29.3. The molecule has 232 valence electrons. The summed E-state index contributed by atoms with van der Waals surface area (Å²) in [7, 11) is -6.09. The first-order chi connectivity index (χ1) is 19.0. The maximum absolute atomic E-state index is 11.3. The first-order valence-electron chi connectivity index (χ1n) is 12.4. The number of nitrogens with one attached hydrogen (secondary N) is 1. The summed E-state index contributed by atoms with van der Waals surface area (Å²) in [4.78, 5) is 33.2. The topological polar surface area (TPSA) is 147 Å². The molecule has 0 saturated carbocycles. The zero-order chi connectivity index (χ0) is 30.0. The molecule has 3 N–H and O–H groups in total. The Labute approximate surface area is 316 Å². The van der Waals surface area contributed by atoms with E-state index >= 15 is 0 Å². The van der Waals surface area contributed by atoms with Gasteiger partial charge in [0, 0.05) is 62.8 Å². The van der Waals surface area contributed by atoms with Gasteiger partial charge in [-0.05, 0) is 37.6 Å². The van der Waals surface area contributed by atoms with E-state index in [9.17, 15) is 19.5 Å². The number of alkyl halides is 4. The van der Waals surface area contributed by atoms with Crippen LogP contribution in [0.15, 0.2) is 29.4 Å². The fourth-order valence-electron chi connectivity index (χ4n) is 3.37. The van der Waals surface area contributed by atoms with Crippen molar-refractivity contribution in [2.75, 3.05) is 76.4 Å². The Bertz CT molecular complexity index is 896. The van der Waals surface area contributed by atoms with Gasteiger partial charge in [-0.25, -0.2) is 9.34 Å². The molecule has 42 heavy (non-hydrogen) atoms. The predicted octanol–water partition coefficient (Wildman–Crippen LogP) is -3.36. The van der Waals surface area contributed by atoms with Crippen LogP contribution >= 0.6 is 71.2 Å². The van der Waals surface area contributed by atoms with Crippen LogP contribution in [0.5, 0.6) is 5.75 Å². The van der Waals surface area contributed by atoms with E-state index in [2.05, 4.69) is 19.6 Å². The zero-order valence-electron chi connectivity index (χ0n) is 24.3. The van der Waals surface area contributed by atoms with E-state index in [1.165, 1.54) is 0 Å². The van der Waals surface area contributed by atoms with E-state index in [0.717, 1.165) is 5.56 Å². The summed E-state index contributed by atoms with van der Waals surface area (Å²) in [6.07, 6.45) is 1.94. The molecule has 0 aromatic heterocycles. The Hall–Kier alpha value is 2.46. The first-order valence-corrected chi connectivity index (χ1v) is 18.3. The SMILES string of the molecule is CN(CCCOc1cccc(/C=N/NP(N(CCCl)CCCl)N(CCCl)CCCl)c1)CCC(O)(P[O-])P(=O)([O-])O.[Na+].[Na+]. The fourth-order valence-corrected chi connectivity index (χ4v) is 7.65. The number of hydrogen-bond donors (Lipinski definition) is 3. The van der Waals surface area contributed by atoms with Crippen LogP contribution in [-0.2, 0) is 4.57 Å². The number of halogens is 4. The van der Waals surface area contributed by atoms with Gasteiger partial charge in [0.2, 0.25) is 0 Å². The molecule has 0 radical (unpaired) electrons. The molecule has 3 atom stereocenters. The molecule has 3 unspecified atom stereocenters. The number of nitrogens with zero attached hydrogens (tertiary/aromatic N) is 4. The summed E-state index contributed by atoms with van der Waals surface area (Å²) in [6.45, 7) is 3.56. The second-order valence-corrected chi connectivity index (χ2v) is 15.2. The van der Waals surface area contributed by atoms with Crippen molar-refractivity contribution in [1.82, 2.24) is 19.4 Å². The van der Waals surface area contributed by atoms with Crippen LogP contribution < -0.4 is 78.8 Å². The Morgan fingerprint density at radius 1 is 1.07 bits per heavy atom. The van der Waals surface area contributed by atoms with Crippen molar-refractivity contribution in [3.05, 3.63) is 29.8 Å². The van der Waals surface area contributed by atoms with Gasteiger partial charge >= 0.3 is 59.1 Å². The van der Waals surface area contributed by atoms with Crippen molar-refractivity contribution in [1.29, 1.82) is 0 Å². The minimum atomic E-state index is -5.14. The van der Waals surface area contributed by atoms with Gasteiger partial charge in [-0.2, -0.15) is 13.9 Å².